The van der Waals surface area contributed by atoms with Crippen LogP contribution in [0.15, 0.2) is 78.9 Å². The highest BCUT2D eigenvalue weighted by Crippen LogP contribution is 2.29. The molecule has 0 aliphatic heterocycles. The van der Waals surface area contributed by atoms with Crippen LogP contribution in [0, 0.1) is 13.8 Å². The summed E-state index contributed by atoms with van der Waals surface area (Å²) in [5, 5.41) is 0. The quantitative estimate of drug-likeness (QED) is 0.244. The Bertz CT molecular complexity index is 1350. The van der Waals surface area contributed by atoms with Gasteiger partial charge in [-0.15, -0.1) is 0 Å². The highest BCUT2D eigenvalue weighted by molar-refractivity contribution is 6.16. The Hall–Kier alpha value is -4.12. The second-order valence-corrected chi connectivity index (χ2v) is 8.50. The molecule has 0 aliphatic carbocycles. The first-order valence-electron chi connectivity index (χ1n) is 11.5. The number of esters is 1. The van der Waals surface area contributed by atoms with Crippen LogP contribution in [-0.4, -0.2) is 30.5 Å². The zero-order valence-corrected chi connectivity index (χ0v) is 20.5. The largest absolute Gasteiger partial charge is 0.497 e. The van der Waals surface area contributed by atoms with Crippen molar-refractivity contribution in [1.29, 1.82) is 0 Å². The summed E-state index contributed by atoms with van der Waals surface area (Å²) >= 11 is 0. The Balaban J connectivity index is 1.78. The topological polar surface area (TPSA) is 57.5 Å². The van der Waals surface area contributed by atoms with Crippen molar-refractivity contribution in [3.8, 4) is 5.75 Å². The monoisotopic (exact) mass is 467 g/mol. The average Bonchev–Trinajstić information content (AvgIpc) is 3.14. The number of rotatable bonds is 8. The van der Waals surface area contributed by atoms with E-state index in [1.54, 1.807) is 7.11 Å². The van der Waals surface area contributed by atoms with Gasteiger partial charge in [-0.2, -0.15) is 0 Å². The molecule has 4 rings (SSSR count). The predicted molar refractivity (Wildman–Crippen MR) is 136 cm³/mol. The van der Waals surface area contributed by atoms with Crippen molar-refractivity contribution in [1.82, 2.24) is 4.57 Å². The third-order valence-electron chi connectivity index (χ3n) is 6.40. The molecule has 5 nitrogen and oxygen atoms in total. The maximum absolute atomic E-state index is 14.0. The molecule has 0 fully saturated rings. The highest BCUT2D eigenvalue weighted by Gasteiger charge is 2.29. The Kier molecular flexibility index (Phi) is 7.16. The molecule has 0 amide bonds. The fourth-order valence-electron chi connectivity index (χ4n) is 4.51. The Morgan fingerprint density at radius 3 is 2.03 bits per heavy atom. The van der Waals surface area contributed by atoms with Gasteiger partial charge in [0.25, 0.3) is 0 Å². The molecule has 0 spiro atoms. The number of nitrogens with zero attached hydrogens (tertiary/aromatic N) is 1. The molecule has 1 aromatic heterocycles. The van der Waals surface area contributed by atoms with E-state index in [9.17, 15) is 9.59 Å². The molecule has 3 aromatic carbocycles. The minimum Gasteiger partial charge on any atom is -0.497 e. The van der Waals surface area contributed by atoms with E-state index < -0.39 is 5.97 Å². The van der Waals surface area contributed by atoms with Gasteiger partial charge in [-0.05, 0) is 49.1 Å². The van der Waals surface area contributed by atoms with E-state index in [1.807, 2.05) is 97.3 Å². The second kappa shape index (κ2) is 10.4. The van der Waals surface area contributed by atoms with Gasteiger partial charge in [-0.1, -0.05) is 66.7 Å². The van der Waals surface area contributed by atoms with E-state index in [1.165, 1.54) is 7.11 Å². The van der Waals surface area contributed by atoms with Gasteiger partial charge in [0, 0.05) is 23.5 Å². The van der Waals surface area contributed by atoms with E-state index in [4.69, 9.17) is 9.47 Å². The molecule has 0 N–H and O–H groups in total. The standard InChI is InChI=1S/C30H29NO4/c1-20-27(29(32)26-13-9-8-12-24(26)18-22-10-6-5-7-11-22)28(30(33)35-4)21(2)31(20)19-23-14-16-25(34-3)17-15-23/h5-17H,18-19H2,1-4H3. The van der Waals surface area contributed by atoms with Gasteiger partial charge < -0.3 is 14.0 Å². The van der Waals surface area contributed by atoms with Crippen molar-refractivity contribution in [2.24, 2.45) is 0 Å². The van der Waals surface area contributed by atoms with Crippen molar-refractivity contribution in [2.75, 3.05) is 14.2 Å². The van der Waals surface area contributed by atoms with Crippen molar-refractivity contribution < 1.29 is 19.1 Å². The fraction of sp³-hybridized carbons (Fsp3) is 0.200. The Morgan fingerprint density at radius 1 is 0.743 bits per heavy atom. The first-order valence-corrected chi connectivity index (χ1v) is 11.5. The fourth-order valence-corrected chi connectivity index (χ4v) is 4.51. The number of benzene rings is 3. The van der Waals surface area contributed by atoms with E-state index >= 15 is 0 Å². The summed E-state index contributed by atoms with van der Waals surface area (Å²) in [4.78, 5) is 26.8. The van der Waals surface area contributed by atoms with Crippen molar-refractivity contribution in [3.05, 3.63) is 124 Å². The van der Waals surface area contributed by atoms with Gasteiger partial charge in [0.15, 0.2) is 5.78 Å². The number of aromatic nitrogens is 1. The van der Waals surface area contributed by atoms with E-state index in [-0.39, 0.29) is 5.78 Å². The molecule has 0 bridgehead atoms. The summed E-state index contributed by atoms with van der Waals surface area (Å²) in [5.41, 5.74) is 5.80. The van der Waals surface area contributed by atoms with Gasteiger partial charge in [-0.3, -0.25) is 4.79 Å². The maximum atomic E-state index is 14.0. The molecule has 0 radical (unpaired) electrons. The zero-order valence-electron chi connectivity index (χ0n) is 20.5. The van der Waals surface area contributed by atoms with Crippen molar-refractivity contribution in [2.45, 2.75) is 26.8 Å². The Labute approximate surface area is 205 Å². The highest BCUT2D eigenvalue weighted by atomic mass is 16.5. The molecule has 0 unspecified atom stereocenters. The molecular formula is C30H29NO4. The second-order valence-electron chi connectivity index (χ2n) is 8.50. The molecule has 0 saturated carbocycles. The van der Waals surface area contributed by atoms with E-state index in [0.717, 1.165) is 28.1 Å². The third-order valence-corrected chi connectivity index (χ3v) is 6.40. The van der Waals surface area contributed by atoms with Gasteiger partial charge >= 0.3 is 5.97 Å². The number of hydrogen-bond acceptors (Lipinski definition) is 4. The molecule has 5 heteroatoms. The first kappa shape index (κ1) is 24.0. The van der Waals surface area contributed by atoms with Crippen LogP contribution in [0.1, 0.15) is 54.4 Å². The lowest BCUT2D eigenvalue weighted by Crippen LogP contribution is -2.13. The van der Waals surface area contributed by atoms with E-state index in [2.05, 4.69) is 0 Å². The summed E-state index contributed by atoms with van der Waals surface area (Å²) in [6, 6.07) is 25.4. The van der Waals surface area contributed by atoms with Crippen LogP contribution in [0.2, 0.25) is 0 Å². The van der Waals surface area contributed by atoms with Crippen LogP contribution in [0.25, 0.3) is 0 Å². The first-order chi connectivity index (χ1) is 16.9. The van der Waals surface area contributed by atoms with Crippen molar-refractivity contribution in [3.63, 3.8) is 0 Å². The smallest absolute Gasteiger partial charge is 0.340 e. The van der Waals surface area contributed by atoms with Gasteiger partial charge in [0.05, 0.1) is 25.3 Å². The molecule has 35 heavy (non-hydrogen) atoms. The third kappa shape index (κ3) is 4.90. The average molecular weight is 468 g/mol. The number of carbonyl (C=O) groups excluding carboxylic acids is 2. The van der Waals surface area contributed by atoms with Crippen molar-refractivity contribution >= 4 is 11.8 Å². The molecule has 0 aliphatic rings. The van der Waals surface area contributed by atoms with Crippen LogP contribution >= 0.6 is 0 Å². The minimum atomic E-state index is -0.511. The molecule has 4 aromatic rings. The number of hydrogen-bond donors (Lipinski definition) is 0. The summed E-state index contributed by atoms with van der Waals surface area (Å²) in [6.45, 7) is 4.26. The number of carbonyl (C=O) groups is 2. The Morgan fingerprint density at radius 2 is 1.37 bits per heavy atom. The van der Waals surface area contributed by atoms with Gasteiger partial charge in [0.1, 0.15) is 5.75 Å². The van der Waals surface area contributed by atoms with Crippen LogP contribution in [0.3, 0.4) is 0 Å². The molecule has 0 saturated heterocycles. The molecular weight excluding hydrogens is 438 g/mol. The molecule has 1 heterocycles. The minimum absolute atomic E-state index is 0.175. The molecule has 178 valence electrons. The lowest BCUT2D eigenvalue weighted by atomic mass is 9.92. The van der Waals surface area contributed by atoms with Crippen LogP contribution < -0.4 is 4.74 Å². The van der Waals surface area contributed by atoms with E-state index in [0.29, 0.717) is 35.3 Å². The summed E-state index contributed by atoms with van der Waals surface area (Å²) in [6.07, 6.45) is 0.626. The number of ketones is 1. The van der Waals surface area contributed by atoms with Gasteiger partial charge in [-0.25, -0.2) is 4.79 Å². The van der Waals surface area contributed by atoms with Crippen LogP contribution in [0.5, 0.6) is 5.75 Å². The SMILES string of the molecule is COC(=O)c1c(C(=O)c2ccccc2Cc2ccccc2)c(C)n(Cc2ccc(OC)cc2)c1C. The van der Waals surface area contributed by atoms with Gasteiger partial charge in [0.2, 0.25) is 0 Å². The van der Waals surface area contributed by atoms with Crippen LogP contribution in [0.4, 0.5) is 0 Å². The molecule has 0 atom stereocenters. The summed E-state index contributed by atoms with van der Waals surface area (Å²) in [7, 11) is 2.97. The lowest BCUT2D eigenvalue weighted by Gasteiger charge is -2.12. The normalized spacial score (nSPS) is 10.7. The summed E-state index contributed by atoms with van der Waals surface area (Å²) < 4.78 is 12.4. The number of methoxy groups -OCH3 is 2. The summed E-state index contributed by atoms with van der Waals surface area (Å²) in [5.74, 6) is 0.0878. The van der Waals surface area contributed by atoms with Crippen LogP contribution in [-0.2, 0) is 17.7 Å². The number of ether oxygens (including phenoxy) is 2. The predicted octanol–water partition coefficient (Wildman–Crippen LogP) is 5.77. The maximum Gasteiger partial charge on any atom is 0.340 e. The lowest BCUT2D eigenvalue weighted by molar-refractivity contribution is 0.0596. The zero-order chi connectivity index (χ0) is 24.9.